The molecule has 0 bridgehead atoms. The van der Waals surface area contributed by atoms with Gasteiger partial charge in [-0.05, 0) is 101 Å². The first kappa shape index (κ1) is 37.9. The highest BCUT2D eigenvalue weighted by Crippen LogP contribution is 2.49. The van der Waals surface area contributed by atoms with Crippen molar-refractivity contribution >= 4 is 38.6 Å². The maximum atomic E-state index is 2.47. The first-order chi connectivity index (χ1) is 28.6. The molecule has 0 aliphatic rings. The van der Waals surface area contributed by atoms with E-state index in [9.17, 15) is 0 Å². The zero-order valence-corrected chi connectivity index (χ0v) is 35.0. The highest BCUT2D eigenvalue weighted by atomic mass is 15.1. The number of fused-ring (bicyclic) bond motifs is 2. The predicted molar refractivity (Wildman–Crippen MR) is 255 cm³/mol. The molecule has 0 atom stereocenters. The number of para-hydroxylation sites is 3. The molecule has 9 rings (SSSR count). The van der Waals surface area contributed by atoms with Gasteiger partial charge < -0.3 is 4.90 Å². The van der Waals surface area contributed by atoms with Crippen LogP contribution in [0.25, 0.3) is 66.1 Å². The molecule has 288 valence electrons. The van der Waals surface area contributed by atoms with E-state index in [2.05, 4.69) is 247 Å². The molecule has 0 saturated carbocycles. The standard InChI is InChI=1S/C58H51N/c1-57(2,3)44-37-43(38-45(39-44)58(4,5)6)48-32-18-24-42-26-20-34-52(56(42)48)50-30-14-16-36-54(50)59(46-27-11-8-12-28-46)53-35-15-13-29-49(53)51-33-19-25-41-23-17-31-47(55(41)51)40-21-9-7-10-22-40/h7-39H,1-6H3. The minimum atomic E-state index is 0.00549. The van der Waals surface area contributed by atoms with Crippen LogP contribution >= 0.6 is 0 Å². The van der Waals surface area contributed by atoms with Crippen LogP contribution in [-0.2, 0) is 10.8 Å². The van der Waals surface area contributed by atoms with Gasteiger partial charge >= 0.3 is 0 Å². The number of hydrogen-bond acceptors (Lipinski definition) is 1. The Hall–Kier alpha value is -6.70. The van der Waals surface area contributed by atoms with Crippen LogP contribution in [0.4, 0.5) is 17.1 Å². The van der Waals surface area contributed by atoms with Crippen molar-refractivity contribution in [3.63, 3.8) is 0 Å². The summed E-state index contributed by atoms with van der Waals surface area (Å²) in [7, 11) is 0. The second kappa shape index (κ2) is 15.2. The number of nitrogens with zero attached hydrogens (tertiary/aromatic N) is 1. The maximum absolute atomic E-state index is 2.47. The summed E-state index contributed by atoms with van der Waals surface area (Å²) in [6.45, 7) is 13.9. The average molecular weight is 762 g/mol. The van der Waals surface area contributed by atoms with Gasteiger partial charge in [0.15, 0.2) is 0 Å². The Balaban J connectivity index is 1.30. The highest BCUT2D eigenvalue weighted by molar-refractivity contribution is 6.11. The molecule has 0 heterocycles. The Morgan fingerprint density at radius 2 is 0.678 bits per heavy atom. The van der Waals surface area contributed by atoms with E-state index in [4.69, 9.17) is 0 Å². The lowest BCUT2D eigenvalue weighted by Crippen LogP contribution is -2.16. The minimum Gasteiger partial charge on any atom is -0.309 e. The highest BCUT2D eigenvalue weighted by Gasteiger charge is 2.25. The van der Waals surface area contributed by atoms with E-state index in [1.807, 2.05) is 0 Å². The van der Waals surface area contributed by atoms with Crippen LogP contribution in [0.3, 0.4) is 0 Å². The summed E-state index contributed by atoms with van der Waals surface area (Å²) in [6.07, 6.45) is 0. The first-order valence-electron chi connectivity index (χ1n) is 20.9. The van der Waals surface area contributed by atoms with Crippen LogP contribution in [0.2, 0.25) is 0 Å². The number of anilines is 3. The number of hydrogen-bond donors (Lipinski definition) is 0. The van der Waals surface area contributed by atoms with Gasteiger partial charge in [0, 0.05) is 16.8 Å². The van der Waals surface area contributed by atoms with Gasteiger partial charge in [-0.2, -0.15) is 0 Å². The fourth-order valence-corrected chi connectivity index (χ4v) is 8.66. The largest absolute Gasteiger partial charge is 0.309 e. The molecular weight excluding hydrogens is 711 g/mol. The van der Waals surface area contributed by atoms with Crippen molar-refractivity contribution < 1.29 is 0 Å². The van der Waals surface area contributed by atoms with E-state index in [1.165, 1.54) is 77.2 Å². The molecule has 1 heteroatoms. The molecule has 0 unspecified atom stereocenters. The van der Waals surface area contributed by atoms with Gasteiger partial charge in [-0.15, -0.1) is 0 Å². The summed E-state index contributed by atoms with van der Waals surface area (Å²) in [4.78, 5) is 2.47. The van der Waals surface area contributed by atoms with Crippen molar-refractivity contribution in [2.45, 2.75) is 52.4 Å². The minimum absolute atomic E-state index is 0.00549. The maximum Gasteiger partial charge on any atom is 0.0540 e. The Morgan fingerprint density at radius 3 is 1.14 bits per heavy atom. The van der Waals surface area contributed by atoms with Crippen molar-refractivity contribution in [1.29, 1.82) is 0 Å². The molecule has 0 amide bonds. The molecule has 0 saturated heterocycles. The summed E-state index contributed by atoms with van der Waals surface area (Å²) >= 11 is 0. The molecule has 0 radical (unpaired) electrons. The smallest absolute Gasteiger partial charge is 0.0540 e. The summed E-state index contributed by atoms with van der Waals surface area (Å²) < 4.78 is 0. The molecule has 0 fully saturated rings. The second-order valence-corrected chi connectivity index (χ2v) is 17.8. The average Bonchev–Trinajstić information content (AvgIpc) is 3.26. The molecule has 0 aliphatic heterocycles. The van der Waals surface area contributed by atoms with Gasteiger partial charge in [0.05, 0.1) is 11.4 Å². The van der Waals surface area contributed by atoms with Crippen LogP contribution < -0.4 is 4.90 Å². The van der Waals surface area contributed by atoms with E-state index in [-0.39, 0.29) is 10.8 Å². The summed E-state index contributed by atoms with van der Waals surface area (Å²) in [5.41, 5.74) is 15.8. The molecule has 0 N–H and O–H groups in total. The number of benzene rings is 9. The zero-order chi connectivity index (χ0) is 40.7. The first-order valence-corrected chi connectivity index (χ1v) is 20.9. The SMILES string of the molecule is CC(C)(C)c1cc(-c2cccc3cccc(-c4ccccc4N(c4ccccc4)c4ccccc4-c4cccc5cccc(-c6ccccc6)c45)c23)cc(C(C)(C)C)c1. The Kier molecular flexibility index (Phi) is 9.77. The molecule has 0 aromatic heterocycles. The summed E-state index contributed by atoms with van der Waals surface area (Å²) in [6, 6.07) is 73.7. The van der Waals surface area contributed by atoms with Crippen LogP contribution in [0.15, 0.2) is 200 Å². The third-order valence-corrected chi connectivity index (χ3v) is 11.8. The van der Waals surface area contributed by atoms with Crippen LogP contribution in [0.1, 0.15) is 52.7 Å². The monoisotopic (exact) mass is 761 g/mol. The van der Waals surface area contributed by atoms with Gasteiger partial charge in [0.2, 0.25) is 0 Å². The summed E-state index contributed by atoms with van der Waals surface area (Å²) in [5, 5.41) is 4.96. The number of rotatable bonds is 7. The molecule has 0 aliphatic carbocycles. The topological polar surface area (TPSA) is 3.24 Å². The molecule has 9 aromatic carbocycles. The van der Waals surface area contributed by atoms with Gasteiger partial charge in [0.1, 0.15) is 0 Å². The van der Waals surface area contributed by atoms with Crippen molar-refractivity contribution in [3.8, 4) is 44.5 Å². The van der Waals surface area contributed by atoms with Crippen LogP contribution in [0.5, 0.6) is 0 Å². The van der Waals surface area contributed by atoms with Crippen LogP contribution in [0, 0.1) is 0 Å². The van der Waals surface area contributed by atoms with Crippen molar-refractivity contribution in [1.82, 2.24) is 0 Å². The summed E-state index contributed by atoms with van der Waals surface area (Å²) in [5.74, 6) is 0. The second-order valence-electron chi connectivity index (χ2n) is 17.8. The lowest BCUT2D eigenvalue weighted by Gasteiger charge is -2.30. The van der Waals surface area contributed by atoms with Gasteiger partial charge in [-0.25, -0.2) is 0 Å². The predicted octanol–water partition coefficient (Wildman–Crippen LogP) is 16.7. The van der Waals surface area contributed by atoms with Gasteiger partial charge in [-0.1, -0.05) is 217 Å². The molecule has 9 aromatic rings. The Bertz CT molecular complexity index is 2900. The van der Waals surface area contributed by atoms with Crippen molar-refractivity contribution in [3.05, 3.63) is 211 Å². The molecule has 1 nitrogen and oxygen atoms in total. The third kappa shape index (κ3) is 7.23. The van der Waals surface area contributed by atoms with E-state index in [0.717, 1.165) is 17.1 Å². The van der Waals surface area contributed by atoms with Crippen LogP contribution in [-0.4, -0.2) is 0 Å². The van der Waals surface area contributed by atoms with E-state index >= 15 is 0 Å². The van der Waals surface area contributed by atoms with E-state index in [0.29, 0.717) is 0 Å². The fraction of sp³-hybridized carbons (Fsp3) is 0.138. The van der Waals surface area contributed by atoms with Crippen molar-refractivity contribution in [2.24, 2.45) is 0 Å². The lowest BCUT2D eigenvalue weighted by atomic mass is 9.78. The lowest BCUT2D eigenvalue weighted by molar-refractivity contribution is 0.569. The normalized spacial score (nSPS) is 11.9. The zero-order valence-electron chi connectivity index (χ0n) is 35.0. The fourth-order valence-electron chi connectivity index (χ4n) is 8.66. The molecule has 0 spiro atoms. The third-order valence-electron chi connectivity index (χ3n) is 11.8. The Morgan fingerprint density at radius 1 is 0.305 bits per heavy atom. The molecule has 59 heavy (non-hydrogen) atoms. The Labute approximate surface area is 350 Å². The van der Waals surface area contributed by atoms with E-state index in [1.54, 1.807) is 0 Å². The van der Waals surface area contributed by atoms with Gasteiger partial charge in [-0.3, -0.25) is 0 Å². The van der Waals surface area contributed by atoms with Gasteiger partial charge in [0.25, 0.3) is 0 Å². The molecular formula is C58H51N. The van der Waals surface area contributed by atoms with Crippen molar-refractivity contribution in [2.75, 3.05) is 4.90 Å². The quantitative estimate of drug-likeness (QED) is 0.156. The van der Waals surface area contributed by atoms with E-state index < -0.39 is 0 Å².